The number of esters is 1. The number of carbonyl (C=O) groups excluding carboxylic acids is 1. The van der Waals surface area contributed by atoms with Gasteiger partial charge in [0.05, 0.1) is 28.5 Å². The van der Waals surface area contributed by atoms with Crippen molar-refractivity contribution in [2.24, 2.45) is 5.41 Å². The Hall–Kier alpha value is -2.14. The van der Waals surface area contributed by atoms with Crippen LogP contribution < -0.4 is 0 Å². The molecule has 1 heterocycles. The van der Waals surface area contributed by atoms with Crippen LogP contribution in [0, 0.1) is 5.41 Å². The van der Waals surface area contributed by atoms with Gasteiger partial charge in [-0.2, -0.15) is 17.5 Å². The van der Waals surface area contributed by atoms with Crippen LogP contribution in [-0.4, -0.2) is 50.0 Å². The van der Waals surface area contributed by atoms with Crippen LogP contribution in [0.2, 0.25) is 0 Å². The smallest absolute Gasteiger partial charge is 0.417 e. The number of hydrogen-bond acceptors (Lipinski definition) is 5. The summed E-state index contributed by atoms with van der Waals surface area (Å²) in [5, 5.41) is 9.18. The molecule has 2 rings (SSSR count). The molecule has 0 spiro atoms. The summed E-state index contributed by atoms with van der Waals surface area (Å²) >= 11 is 0. The summed E-state index contributed by atoms with van der Waals surface area (Å²) < 4.78 is 70.0. The fraction of sp³-hybridized carbons (Fsp3) is 0.467. The van der Waals surface area contributed by atoms with Gasteiger partial charge in [0.25, 0.3) is 0 Å². The molecule has 7 nitrogen and oxygen atoms in total. The van der Waals surface area contributed by atoms with Crippen molar-refractivity contribution in [2.45, 2.75) is 24.4 Å². The number of aliphatic carboxylic acids is 1. The first kappa shape index (κ1) is 20.2. The van der Waals surface area contributed by atoms with E-state index in [1.54, 1.807) is 0 Å². The van der Waals surface area contributed by atoms with Gasteiger partial charge in [0, 0.05) is 13.1 Å². The highest BCUT2D eigenvalue weighted by Crippen LogP contribution is 2.37. The van der Waals surface area contributed by atoms with Crippen molar-refractivity contribution in [1.82, 2.24) is 4.31 Å². The predicted molar refractivity (Wildman–Crippen MR) is 81.9 cm³/mol. The summed E-state index contributed by atoms with van der Waals surface area (Å²) in [6.07, 6.45) is -4.94. The van der Waals surface area contributed by atoms with Crippen molar-refractivity contribution in [2.75, 3.05) is 20.2 Å². The molecule has 1 aromatic rings. The quantitative estimate of drug-likeness (QED) is 0.783. The van der Waals surface area contributed by atoms with Gasteiger partial charge < -0.3 is 9.84 Å². The van der Waals surface area contributed by atoms with E-state index in [1.807, 2.05) is 0 Å². The van der Waals surface area contributed by atoms with Crippen LogP contribution in [-0.2, 0) is 25.7 Å². The van der Waals surface area contributed by atoms with E-state index < -0.39 is 49.6 Å². The molecule has 1 saturated heterocycles. The van der Waals surface area contributed by atoms with Crippen molar-refractivity contribution in [3.8, 4) is 0 Å². The molecular weight excluding hydrogens is 379 g/mol. The second kappa shape index (κ2) is 6.54. The van der Waals surface area contributed by atoms with Crippen LogP contribution in [0.25, 0.3) is 0 Å². The Morgan fingerprint density at radius 3 is 2.38 bits per heavy atom. The highest BCUT2D eigenvalue weighted by atomic mass is 32.2. The van der Waals surface area contributed by atoms with Crippen LogP contribution in [0.3, 0.4) is 0 Å². The second-order valence-corrected chi connectivity index (χ2v) is 8.09. The maximum absolute atomic E-state index is 13.2. The van der Waals surface area contributed by atoms with E-state index >= 15 is 0 Å². The SMILES string of the molecule is COC(=O)c1ccc(S(=O)(=O)N2CCC(C)(C(=O)O)C2)cc1C(F)(F)F. The largest absolute Gasteiger partial charge is 0.481 e. The van der Waals surface area contributed by atoms with Crippen LogP contribution in [0.4, 0.5) is 13.2 Å². The van der Waals surface area contributed by atoms with Gasteiger partial charge in [0.1, 0.15) is 0 Å². The molecule has 0 amide bonds. The lowest BCUT2D eigenvalue weighted by Gasteiger charge is -2.21. The van der Waals surface area contributed by atoms with E-state index in [0.29, 0.717) is 6.07 Å². The van der Waals surface area contributed by atoms with Crippen molar-refractivity contribution in [3.05, 3.63) is 29.3 Å². The molecule has 1 aliphatic rings. The van der Waals surface area contributed by atoms with Gasteiger partial charge in [0.15, 0.2) is 0 Å². The fourth-order valence-corrected chi connectivity index (χ4v) is 4.25. The number of halogens is 3. The molecular formula is C15H16F3NO6S. The van der Waals surface area contributed by atoms with E-state index in [0.717, 1.165) is 23.5 Å². The van der Waals surface area contributed by atoms with E-state index in [2.05, 4.69) is 4.74 Å². The first-order valence-electron chi connectivity index (χ1n) is 7.36. The summed E-state index contributed by atoms with van der Waals surface area (Å²) in [6.45, 7) is 0.877. The number of rotatable bonds is 4. The molecule has 26 heavy (non-hydrogen) atoms. The minimum absolute atomic E-state index is 0.0357. The number of carboxylic acid groups (broad SMARTS) is 1. The van der Waals surface area contributed by atoms with Crippen molar-refractivity contribution in [1.29, 1.82) is 0 Å². The number of carbonyl (C=O) groups is 2. The Labute approximate surface area is 147 Å². The minimum atomic E-state index is -4.98. The number of ether oxygens (including phenoxy) is 1. The second-order valence-electron chi connectivity index (χ2n) is 6.15. The molecule has 1 aromatic carbocycles. The molecule has 1 atom stereocenters. The molecule has 1 fully saturated rings. The molecule has 0 bridgehead atoms. The summed E-state index contributed by atoms with van der Waals surface area (Å²) in [4.78, 5) is 22.1. The van der Waals surface area contributed by atoms with Gasteiger partial charge in [-0.1, -0.05) is 0 Å². The molecule has 0 aromatic heterocycles. The highest BCUT2D eigenvalue weighted by Gasteiger charge is 2.45. The molecule has 11 heteroatoms. The van der Waals surface area contributed by atoms with E-state index in [1.165, 1.54) is 6.92 Å². The number of methoxy groups -OCH3 is 1. The lowest BCUT2D eigenvalue weighted by Crippen LogP contribution is -2.35. The van der Waals surface area contributed by atoms with Gasteiger partial charge in [-0.25, -0.2) is 13.2 Å². The monoisotopic (exact) mass is 395 g/mol. The van der Waals surface area contributed by atoms with Gasteiger partial charge in [-0.15, -0.1) is 0 Å². The lowest BCUT2D eigenvalue weighted by molar-refractivity contribution is -0.147. The Morgan fingerprint density at radius 2 is 1.92 bits per heavy atom. The van der Waals surface area contributed by atoms with Crippen LogP contribution >= 0.6 is 0 Å². The molecule has 0 radical (unpaired) electrons. The standard InChI is InChI=1S/C15H16F3NO6S/c1-14(13(21)22)5-6-19(8-14)26(23,24)9-3-4-10(12(20)25-2)11(7-9)15(16,17)18/h3-4,7H,5-6,8H2,1-2H3,(H,21,22). The number of hydrogen-bond donors (Lipinski definition) is 1. The Bertz CT molecular complexity index is 851. The fourth-order valence-electron chi connectivity index (χ4n) is 2.65. The van der Waals surface area contributed by atoms with Gasteiger partial charge >= 0.3 is 18.1 Å². The molecule has 0 aliphatic carbocycles. The van der Waals surface area contributed by atoms with Crippen molar-refractivity contribution >= 4 is 22.0 Å². The molecule has 144 valence electrons. The predicted octanol–water partition coefficient (Wildman–Crippen LogP) is 1.98. The zero-order valence-electron chi connectivity index (χ0n) is 13.8. The van der Waals surface area contributed by atoms with Gasteiger partial charge in [-0.3, -0.25) is 4.79 Å². The normalized spacial score (nSPS) is 21.6. The number of benzene rings is 1. The number of alkyl halides is 3. The highest BCUT2D eigenvalue weighted by molar-refractivity contribution is 7.89. The first-order chi connectivity index (χ1) is 11.8. The van der Waals surface area contributed by atoms with E-state index in [4.69, 9.17) is 0 Å². The number of nitrogens with zero attached hydrogens (tertiary/aromatic N) is 1. The minimum Gasteiger partial charge on any atom is -0.481 e. The third-order valence-electron chi connectivity index (χ3n) is 4.29. The first-order valence-corrected chi connectivity index (χ1v) is 8.80. The van der Waals surface area contributed by atoms with Gasteiger partial charge in [-0.05, 0) is 31.5 Å². The topological polar surface area (TPSA) is 101 Å². The summed E-state index contributed by atoms with van der Waals surface area (Å²) in [5.41, 5.74) is -3.56. The maximum atomic E-state index is 13.2. The van der Waals surface area contributed by atoms with Gasteiger partial charge in [0.2, 0.25) is 10.0 Å². The number of sulfonamides is 1. The van der Waals surface area contributed by atoms with E-state index in [-0.39, 0.29) is 19.5 Å². The van der Waals surface area contributed by atoms with Crippen LogP contribution in [0.5, 0.6) is 0 Å². The molecule has 1 N–H and O–H groups in total. The molecule has 0 saturated carbocycles. The van der Waals surface area contributed by atoms with Crippen LogP contribution in [0.1, 0.15) is 29.3 Å². The Morgan fingerprint density at radius 1 is 1.31 bits per heavy atom. The zero-order chi connectivity index (χ0) is 19.9. The summed E-state index contributed by atoms with van der Waals surface area (Å²) in [7, 11) is -3.45. The zero-order valence-corrected chi connectivity index (χ0v) is 14.6. The van der Waals surface area contributed by atoms with Crippen molar-refractivity contribution < 1.29 is 41.0 Å². The van der Waals surface area contributed by atoms with Crippen LogP contribution in [0.15, 0.2) is 23.1 Å². The maximum Gasteiger partial charge on any atom is 0.417 e. The van der Waals surface area contributed by atoms with Crippen molar-refractivity contribution in [3.63, 3.8) is 0 Å². The molecule has 1 unspecified atom stereocenters. The average molecular weight is 395 g/mol. The lowest BCUT2D eigenvalue weighted by atomic mass is 9.90. The average Bonchev–Trinajstić information content (AvgIpc) is 2.97. The summed E-state index contributed by atoms with van der Waals surface area (Å²) in [5.74, 6) is -2.44. The number of carboxylic acids is 1. The Balaban J connectivity index is 2.48. The van der Waals surface area contributed by atoms with E-state index in [9.17, 15) is 36.3 Å². The third kappa shape index (κ3) is 3.54. The summed E-state index contributed by atoms with van der Waals surface area (Å²) in [6, 6.07) is 1.96. The Kier molecular flexibility index (Phi) is 5.08. The third-order valence-corrected chi connectivity index (χ3v) is 6.14. The molecule has 1 aliphatic heterocycles.